The van der Waals surface area contributed by atoms with Gasteiger partial charge in [0.05, 0.1) is 0 Å². The second-order valence-electron chi connectivity index (χ2n) is 6.86. The van der Waals surface area contributed by atoms with E-state index in [-0.39, 0.29) is 0 Å². The molecular weight excluding hydrogens is 184 g/mol. The summed E-state index contributed by atoms with van der Waals surface area (Å²) in [5, 5.41) is 0. The Labute approximate surface area is 92.9 Å². The Morgan fingerprint density at radius 3 is 2.27 bits per heavy atom. The van der Waals surface area contributed by atoms with Gasteiger partial charge in [0.25, 0.3) is 0 Å². The van der Waals surface area contributed by atoms with Crippen molar-refractivity contribution < 1.29 is 4.79 Å². The average Bonchev–Trinajstić information content (AvgIpc) is 2.54. The van der Waals surface area contributed by atoms with Crippen molar-refractivity contribution in [3.8, 4) is 0 Å². The highest BCUT2D eigenvalue weighted by atomic mass is 16.1. The van der Waals surface area contributed by atoms with Crippen LogP contribution in [0.15, 0.2) is 12.2 Å². The molecule has 1 saturated carbocycles. The minimum atomic E-state index is 0.302. The molecule has 2 rings (SSSR count). The van der Waals surface area contributed by atoms with Gasteiger partial charge in [-0.3, -0.25) is 4.79 Å². The van der Waals surface area contributed by atoms with Crippen LogP contribution in [0.4, 0.5) is 0 Å². The molecule has 0 amide bonds. The first-order valence-corrected chi connectivity index (χ1v) is 5.94. The molecule has 2 aliphatic carbocycles. The van der Waals surface area contributed by atoms with Crippen molar-refractivity contribution in [3.63, 3.8) is 0 Å². The molecule has 2 atom stereocenters. The monoisotopic (exact) mass is 206 g/mol. The van der Waals surface area contributed by atoms with Gasteiger partial charge in [-0.05, 0) is 34.7 Å². The highest BCUT2D eigenvalue weighted by molar-refractivity contribution is 5.91. The quantitative estimate of drug-likeness (QED) is 0.592. The van der Waals surface area contributed by atoms with Gasteiger partial charge in [-0.25, -0.2) is 0 Å². The van der Waals surface area contributed by atoms with Gasteiger partial charge < -0.3 is 0 Å². The molecule has 2 unspecified atom stereocenters. The van der Waals surface area contributed by atoms with Gasteiger partial charge in [-0.1, -0.05) is 40.7 Å². The van der Waals surface area contributed by atoms with Crippen molar-refractivity contribution >= 4 is 5.78 Å². The molecule has 0 aromatic rings. The molecule has 0 heterocycles. The first-order chi connectivity index (χ1) is 6.72. The van der Waals surface area contributed by atoms with Crippen LogP contribution in [0.5, 0.6) is 0 Å². The molecule has 2 aliphatic rings. The molecule has 0 aromatic carbocycles. The molecule has 1 spiro atoms. The summed E-state index contributed by atoms with van der Waals surface area (Å²) in [6, 6.07) is 0. The van der Waals surface area contributed by atoms with Crippen molar-refractivity contribution in [1.82, 2.24) is 0 Å². The topological polar surface area (TPSA) is 17.1 Å². The van der Waals surface area contributed by atoms with Crippen LogP contribution in [-0.4, -0.2) is 5.78 Å². The van der Waals surface area contributed by atoms with Crippen molar-refractivity contribution in [1.29, 1.82) is 0 Å². The molecule has 0 aromatic heterocycles. The van der Waals surface area contributed by atoms with E-state index >= 15 is 0 Å². The highest BCUT2D eigenvalue weighted by Gasteiger charge is 2.72. The van der Waals surface area contributed by atoms with E-state index in [9.17, 15) is 4.79 Å². The maximum absolute atomic E-state index is 11.3. The lowest BCUT2D eigenvalue weighted by molar-refractivity contribution is -0.115. The number of allylic oxidation sites excluding steroid dienone is 2. The Hall–Kier alpha value is -0.590. The summed E-state index contributed by atoms with van der Waals surface area (Å²) >= 11 is 0. The third kappa shape index (κ3) is 1.32. The van der Waals surface area contributed by atoms with Gasteiger partial charge in [-0.15, -0.1) is 0 Å². The Balaban J connectivity index is 2.33. The number of hydrogen-bond acceptors (Lipinski definition) is 1. The molecule has 0 bridgehead atoms. The van der Waals surface area contributed by atoms with Gasteiger partial charge in [0.2, 0.25) is 0 Å². The standard InChI is InChI=1S/C14H22O/c1-12(2,3)11-13(4,5)14(11)8-6-10(15)7-9-14/h6,8,11H,7,9H2,1-5H3. The lowest BCUT2D eigenvalue weighted by atomic mass is 9.80. The summed E-state index contributed by atoms with van der Waals surface area (Å²) in [5.74, 6) is 1.01. The van der Waals surface area contributed by atoms with Crippen LogP contribution in [-0.2, 0) is 4.79 Å². The van der Waals surface area contributed by atoms with Crippen LogP contribution < -0.4 is 0 Å². The zero-order chi connectivity index (χ0) is 11.5. The zero-order valence-corrected chi connectivity index (χ0v) is 10.6. The molecule has 84 valence electrons. The maximum Gasteiger partial charge on any atom is 0.155 e. The maximum atomic E-state index is 11.3. The number of carbonyl (C=O) groups is 1. The largest absolute Gasteiger partial charge is 0.295 e. The van der Waals surface area contributed by atoms with E-state index in [1.54, 1.807) is 0 Å². The van der Waals surface area contributed by atoms with Gasteiger partial charge in [0.1, 0.15) is 0 Å². The van der Waals surface area contributed by atoms with Crippen LogP contribution in [0.1, 0.15) is 47.5 Å². The Kier molecular flexibility index (Phi) is 2.00. The highest BCUT2D eigenvalue weighted by Crippen LogP contribution is 2.77. The van der Waals surface area contributed by atoms with Crippen molar-refractivity contribution in [2.75, 3.05) is 0 Å². The zero-order valence-electron chi connectivity index (χ0n) is 10.6. The normalized spacial score (nSPS) is 38.5. The van der Waals surface area contributed by atoms with Crippen molar-refractivity contribution in [2.45, 2.75) is 47.5 Å². The number of carbonyl (C=O) groups excluding carboxylic acids is 1. The molecule has 0 radical (unpaired) electrons. The smallest absolute Gasteiger partial charge is 0.155 e. The minimum Gasteiger partial charge on any atom is -0.295 e. The first-order valence-electron chi connectivity index (χ1n) is 5.94. The molecular formula is C14H22O. The summed E-state index contributed by atoms with van der Waals surface area (Å²) < 4.78 is 0. The van der Waals surface area contributed by atoms with Gasteiger partial charge >= 0.3 is 0 Å². The SMILES string of the molecule is CC(C)(C)C1C(C)(C)C12C=CC(=O)CC2. The number of rotatable bonds is 0. The fourth-order valence-corrected chi connectivity index (χ4v) is 4.26. The van der Waals surface area contributed by atoms with E-state index in [0.29, 0.717) is 27.9 Å². The van der Waals surface area contributed by atoms with E-state index < -0.39 is 0 Å². The Bertz CT molecular complexity index is 330. The lowest BCUT2D eigenvalue weighted by Crippen LogP contribution is -2.17. The fourth-order valence-electron chi connectivity index (χ4n) is 4.26. The Morgan fingerprint density at radius 1 is 1.33 bits per heavy atom. The molecule has 15 heavy (non-hydrogen) atoms. The molecule has 1 heteroatoms. The van der Waals surface area contributed by atoms with Crippen molar-refractivity contribution in [3.05, 3.63) is 12.2 Å². The van der Waals surface area contributed by atoms with Gasteiger partial charge in [0.15, 0.2) is 5.78 Å². The van der Waals surface area contributed by atoms with E-state index in [2.05, 4.69) is 40.7 Å². The van der Waals surface area contributed by atoms with Crippen LogP contribution in [0.2, 0.25) is 0 Å². The summed E-state index contributed by atoms with van der Waals surface area (Å²) in [5.41, 5.74) is 1.01. The van der Waals surface area contributed by atoms with Gasteiger partial charge in [0, 0.05) is 6.42 Å². The van der Waals surface area contributed by atoms with E-state index in [4.69, 9.17) is 0 Å². The second-order valence-corrected chi connectivity index (χ2v) is 6.86. The Morgan fingerprint density at radius 2 is 1.93 bits per heavy atom. The summed E-state index contributed by atoms with van der Waals surface area (Å²) in [6.07, 6.45) is 5.82. The second kappa shape index (κ2) is 2.75. The van der Waals surface area contributed by atoms with Crippen LogP contribution in [0.25, 0.3) is 0 Å². The summed E-state index contributed by atoms with van der Waals surface area (Å²) in [6.45, 7) is 11.7. The third-order valence-electron chi connectivity index (χ3n) is 4.57. The van der Waals surface area contributed by atoms with E-state index in [0.717, 1.165) is 12.8 Å². The predicted octanol–water partition coefficient (Wildman–Crippen LogP) is 3.59. The summed E-state index contributed by atoms with van der Waals surface area (Å²) in [7, 11) is 0. The van der Waals surface area contributed by atoms with E-state index in [1.165, 1.54) is 0 Å². The molecule has 1 nitrogen and oxygen atoms in total. The fraction of sp³-hybridized carbons (Fsp3) is 0.786. The minimum absolute atomic E-state index is 0.302. The lowest BCUT2D eigenvalue weighted by Gasteiger charge is -2.24. The molecule has 0 N–H and O–H groups in total. The average molecular weight is 206 g/mol. The van der Waals surface area contributed by atoms with Crippen LogP contribution >= 0.6 is 0 Å². The van der Waals surface area contributed by atoms with E-state index in [1.807, 2.05) is 6.08 Å². The van der Waals surface area contributed by atoms with Crippen LogP contribution in [0, 0.1) is 22.2 Å². The molecule has 0 saturated heterocycles. The number of ketones is 1. The van der Waals surface area contributed by atoms with Crippen molar-refractivity contribution in [2.24, 2.45) is 22.2 Å². The summed E-state index contributed by atoms with van der Waals surface area (Å²) in [4.78, 5) is 11.3. The molecule has 0 aliphatic heterocycles. The molecule has 1 fully saturated rings. The predicted molar refractivity (Wildman–Crippen MR) is 62.5 cm³/mol. The van der Waals surface area contributed by atoms with Gasteiger partial charge in [-0.2, -0.15) is 0 Å². The first kappa shape index (κ1) is 10.9. The van der Waals surface area contributed by atoms with Crippen LogP contribution in [0.3, 0.4) is 0 Å². The number of hydrogen-bond donors (Lipinski definition) is 0. The third-order valence-corrected chi connectivity index (χ3v) is 4.57.